The molecule has 0 bridgehead atoms. The quantitative estimate of drug-likeness (QED) is 0.790. The summed E-state index contributed by atoms with van der Waals surface area (Å²) in [5.74, 6) is -0.0559. The van der Waals surface area contributed by atoms with E-state index in [9.17, 15) is 4.79 Å². The Balaban J connectivity index is 2.01. The molecule has 1 N–H and O–H groups in total. The summed E-state index contributed by atoms with van der Waals surface area (Å²) < 4.78 is 4.29. The molecule has 5 heteroatoms. The summed E-state index contributed by atoms with van der Waals surface area (Å²) in [6.07, 6.45) is 7.13. The highest BCUT2D eigenvalue weighted by Gasteiger charge is 2.23. The van der Waals surface area contributed by atoms with Gasteiger partial charge < -0.3 is 9.88 Å². The lowest BCUT2D eigenvalue weighted by atomic mass is 10.1. The fourth-order valence-corrected chi connectivity index (χ4v) is 3.75. The van der Waals surface area contributed by atoms with Crippen LogP contribution in [0.25, 0.3) is 21.9 Å². The van der Waals surface area contributed by atoms with Crippen LogP contribution >= 0.6 is 0 Å². The molecule has 0 saturated heterocycles. The van der Waals surface area contributed by atoms with Crippen molar-refractivity contribution in [3.8, 4) is 0 Å². The van der Waals surface area contributed by atoms with Gasteiger partial charge in [-0.2, -0.15) is 5.10 Å². The Bertz CT molecular complexity index is 868. The lowest BCUT2D eigenvalue weighted by molar-refractivity contribution is 0.0963. The number of aryl methyl sites for hydroxylation is 1. The van der Waals surface area contributed by atoms with Gasteiger partial charge in [-0.05, 0) is 31.0 Å². The summed E-state index contributed by atoms with van der Waals surface area (Å²) in [7, 11) is 3.61. The van der Waals surface area contributed by atoms with E-state index in [1.165, 1.54) is 36.7 Å². The maximum Gasteiger partial charge on any atom is 0.251 e. The molecule has 1 aromatic carbocycles. The second-order valence-corrected chi connectivity index (χ2v) is 6.16. The maximum atomic E-state index is 11.9. The minimum absolute atomic E-state index is 0.0559. The van der Waals surface area contributed by atoms with Gasteiger partial charge in [0.05, 0.1) is 11.0 Å². The molecule has 1 aliphatic carbocycles. The highest BCUT2D eigenvalue weighted by molar-refractivity contribution is 6.09. The summed E-state index contributed by atoms with van der Waals surface area (Å²) in [6, 6.07) is 6.50. The van der Waals surface area contributed by atoms with E-state index in [0.717, 1.165) is 10.9 Å². The van der Waals surface area contributed by atoms with E-state index >= 15 is 0 Å². The fraction of sp³-hybridized carbons (Fsp3) is 0.412. The van der Waals surface area contributed by atoms with Crippen LogP contribution in [0.15, 0.2) is 24.4 Å². The third-order valence-electron chi connectivity index (χ3n) is 4.76. The summed E-state index contributed by atoms with van der Waals surface area (Å²) in [6.45, 7) is 0. The Morgan fingerprint density at radius 2 is 2.05 bits per heavy atom. The Morgan fingerprint density at radius 1 is 1.27 bits per heavy atom. The minimum Gasteiger partial charge on any atom is -0.355 e. The number of fused-ring (bicyclic) bond motifs is 3. The van der Waals surface area contributed by atoms with E-state index in [4.69, 9.17) is 0 Å². The van der Waals surface area contributed by atoms with Crippen LogP contribution in [0.5, 0.6) is 0 Å². The highest BCUT2D eigenvalue weighted by Crippen LogP contribution is 2.38. The number of hydrogen-bond donors (Lipinski definition) is 1. The number of nitrogens with zero attached hydrogens (tertiary/aromatic N) is 3. The van der Waals surface area contributed by atoms with Gasteiger partial charge in [-0.25, -0.2) is 0 Å². The molecule has 1 amide bonds. The van der Waals surface area contributed by atoms with Gasteiger partial charge in [-0.15, -0.1) is 0 Å². The standard InChI is InChI=1S/C17H20N4O/c1-18-17(22)11-7-8-14-13(9-11)16-15(10-20(2)19-16)21(14)12-5-3-4-6-12/h7-10,12H,3-6H2,1-2H3,(H,18,22). The minimum atomic E-state index is -0.0559. The van der Waals surface area contributed by atoms with Crippen LogP contribution in [0.4, 0.5) is 0 Å². The fourth-order valence-electron chi connectivity index (χ4n) is 3.75. The molecule has 0 atom stereocenters. The van der Waals surface area contributed by atoms with Crippen molar-refractivity contribution >= 4 is 27.8 Å². The Labute approximate surface area is 128 Å². The van der Waals surface area contributed by atoms with Gasteiger partial charge in [-0.3, -0.25) is 9.48 Å². The zero-order valence-electron chi connectivity index (χ0n) is 13.0. The molecular weight excluding hydrogens is 276 g/mol. The lowest BCUT2D eigenvalue weighted by Gasteiger charge is -2.14. The summed E-state index contributed by atoms with van der Waals surface area (Å²) >= 11 is 0. The molecule has 114 valence electrons. The van der Waals surface area contributed by atoms with Crippen molar-refractivity contribution in [1.82, 2.24) is 19.7 Å². The van der Waals surface area contributed by atoms with E-state index in [1.54, 1.807) is 7.05 Å². The second kappa shape index (κ2) is 4.87. The zero-order valence-corrected chi connectivity index (χ0v) is 13.0. The van der Waals surface area contributed by atoms with Gasteiger partial charge in [0.1, 0.15) is 5.52 Å². The first-order chi connectivity index (χ1) is 10.7. The van der Waals surface area contributed by atoms with Gasteiger partial charge in [-0.1, -0.05) is 12.8 Å². The van der Waals surface area contributed by atoms with Crippen molar-refractivity contribution in [2.75, 3.05) is 7.05 Å². The predicted molar refractivity (Wildman–Crippen MR) is 87.1 cm³/mol. The number of aromatic nitrogens is 3. The molecule has 2 aromatic heterocycles. The number of rotatable bonds is 2. The summed E-state index contributed by atoms with van der Waals surface area (Å²) in [5, 5.41) is 8.39. The highest BCUT2D eigenvalue weighted by atomic mass is 16.1. The average Bonchev–Trinajstić information content (AvgIpc) is 3.21. The first kappa shape index (κ1) is 13.4. The lowest BCUT2D eigenvalue weighted by Crippen LogP contribution is -2.17. The number of carbonyl (C=O) groups is 1. The van der Waals surface area contributed by atoms with Crippen LogP contribution in [0.2, 0.25) is 0 Å². The predicted octanol–water partition coefficient (Wildman–Crippen LogP) is 3.00. The molecular formula is C17H20N4O. The third kappa shape index (κ3) is 1.85. The van der Waals surface area contributed by atoms with E-state index in [0.29, 0.717) is 11.6 Å². The van der Waals surface area contributed by atoms with Gasteiger partial charge in [0.25, 0.3) is 5.91 Å². The van der Waals surface area contributed by atoms with Gasteiger partial charge in [0.2, 0.25) is 0 Å². The molecule has 1 saturated carbocycles. The van der Waals surface area contributed by atoms with Crippen molar-refractivity contribution in [1.29, 1.82) is 0 Å². The summed E-state index contributed by atoms with van der Waals surface area (Å²) in [4.78, 5) is 11.9. The van der Waals surface area contributed by atoms with Crippen LogP contribution < -0.4 is 5.32 Å². The number of amides is 1. The molecule has 2 heterocycles. The van der Waals surface area contributed by atoms with Crippen LogP contribution in [0.3, 0.4) is 0 Å². The van der Waals surface area contributed by atoms with Crippen molar-refractivity contribution in [3.63, 3.8) is 0 Å². The Hall–Kier alpha value is -2.30. The number of hydrogen-bond acceptors (Lipinski definition) is 2. The molecule has 0 aliphatic heterocycles. The summed E-state index contributed by atoms with van der Waals surface area (Å²) in [5.41, 5.74) is 4.05. The molecule has 0 radical (unpaired) electrons. The first-order valence-corrected chi connectivity index (χ1v) is 7.88. The molecule has 5 nitrogen and oxygen atoms in total. The number of benzene rings is 1. The van der Waals surface area contributed by atoms with Crippen molar-refractivity contribution < 1.29 is 4.79 Å². The van der Waals surface area contributed by atoms with E-state index < -0.39 is 0 Å². The number of carbonyl (C=O) groups excluding carboxylic acids is 1. The maximum absolute atomic E-state index is 11.9. The average molecular weight is 296 g/mol. The van der Waals surface area contributed by atoms with Gasteiger partial charge in [0.15, 0.2) is 0 Å². The largest absolute Gasteiger partial charge is 0.355 e. The normalized spacial score (nSPS) is 15.9. The van der Waals surface area contributed by atoms with E-state index in [-0.39, 0.29) is 5.91 Å². The first-order valence-electron chi connectivity index (χ1n) is 7.88. The van der Waals surface area contributed by atoms with Crippen molar-refractivity contribution in [2.24, 2.45) is 7.05 Å². The Morgan fingerprint density at radius 3 is 2.77 bits per heavy atom. The van der Waals surface area contributed by atoms with E-state index in [2.05, 4.69) is 27.2 Å². The van der Waals surface area contributed by atoms with Crippen LogP contribution in [-0.2, 0) is 7.05 Å². The van der Waals surface area contributed by atoms with Gasteiger partial charge >= 0.3 is 0 Å². The van der Waals surface area contributed by atoms with Crippen molar-refractivity contribution in [2.45, 2.75) is 31.7 Å². The van der Waals surface area contributed by atoms with Crippen LogP contribution in [0.1, 0.15) is 42.1 Å². The van der Waals surface area contributed by atoms with Gasteiger partial charge in [0, 0.05) is 37.3 Å². The molecule has 22 heavy (non-hydrogen) atoms. The monoisotopic (exact) mass is 296 g/mol. The molecule has 1 aliphatic rings. The number of nitrogens with one attached hydrogen (secondary N) is 1. The topological polar surface area (TPSA) is 51.9 Å². The van der Waals surface area contributed by atoms with Crippen LogP contribution in [0, 0.1) is 0 Å². The van der Waals surface area contributed by atoms with E-state index in [1.807, 2.05) is 23.9 Å². The van der Waals surface area contributed by atoms with Crippen molar-refractivity contribution in [3.05, 3.63) is 30.0 Å². The SMILES string of the molecule is CNC(=O)c1ccc2c(c1)c1nn(C)cc1n2C1CCCC1. The molecule has 1 fully saturated rings. The molecule has 3 aromatic rings. The molecule has 0 spiro atoms. The Kier molecular flexibility index (Phi) is 2.96. The molecule has 4 rings (SSSR count). The smallest absolute Gasteiger partial charge is 0.251 e. The second-order valence-electron chi connectivity index (χ2n) is 6.16. The molecule has 0 unspecified atom stereocenters. The third-order valence-corrected chi connectivity index (χ3v) is 4.76. The zero-order chi connectivity index (χ0) is 15.3. The van der Waals surface area contributed by atoms with Crippen LogP contribution in [-0.4, -0.2) is 27.3 Å².